The van der Waals surface area contributed by atoms with Gasteiger partial charge in [0, 0.05) is 18.0 Å². The van der Waals surface area contributed by atoms with Crippen LogP contribution < -0.4 is 10.6 Å². The van der Waals surface area contributed by atoms with Crippen LogP contribution in [0.25, 0.3) is 0 Å². The number of hydrogen-bond acceptors (Lipinski definition) is 3. The molecule has 0 aromatic rings. The molecule has 0 aromatic heterocycles. The van der Waals surface area contributed by atoms with Gasteiger partial charge in [0.2, 0.25) is 5.91 Å². The molecule has 1 aliphatic carbocycles. The lowest BCUT2D eigenvalue weighted by molar-refractivity contribution is -0.146. The molecule has 0 spiro atoms. The Kier molecular flexibility index (Phi) is 5.38. The van der Waals surface area contributed by atoms with Gasteiger partial charge in [-0.2, -0.15) is 13.2 Å². The average Bonchev–Trinajstić information content (AvgIpc) is 2.28. The number of nitrogens with one attached hydrogen (secondary N) is 2. The predicted molar refractivity (Wildman–Crippen MR) is 65.0 cm³/mol. The second kappa shape index (κ2) is 6.43. The lowest BCUT2D eigenvalue weighted by atomic mass is 9.85. The summed E-state index contributed by atoms with van der Waals surface area (Å²) in [4.78, 5) is 22.5. The Morgan fingerprint density at radius 1 is 1.20 bits per heavy atom. The number of carbonyl (C=O) groups excluding carboxylic acids is 1. The summed E-state index contributed by atoms with van der Waals surface area (Å²) < 4.78 is 35.9. The van der Waals surface area contributed by atoms with E-state index in [1.54, 1.807) is 0 Å². The van der Waals surface area contributed by atoms with Crippen molar-refractivity contribution in [1.29, 1.82) is 0 Å². The highest BCUT2D eigenvalue weighted by Crippen LogP contribution is 2.23. The predicted octanol–water partition coefficient (Wildman–Crippen LogP) is 1.14. The zero-order chi connectivity index (χ0) is 15.5. The van der Waals surface area contributed by atoms with Crippen molar-refractivity contribution in [1.82, 2.24) is 10.6 Å². The fourth-order valence-corrected chi connectivity index (χ4v) is 1.94. The smallest absolute Gasteiger partial charge is 0.401 e. The molecule has 0 radical (unpaired) electrons. The molecular weight excluding hydrogens is 277 g/mol. The third kappa shape index (κ3) is 4.99. The van der Waals surface area contributed by atoms with E-state index in [0.717, 1.165) is 0 Å². The standard InChI is InChI=1S/C12H19F3N2O3/c1-6(7(2)11(19)20)10(18)17-9-3-8(4-9)16-5-12(13,14)15/h6-9,16H,3-5H2,1-2H3,(H,17,18)(H,19,20). The topological polar surface area (TPSA) is 78.4 Å². The lowest BCUT2D eigenvalue weighted by Gasteiger charge is -2.37. The summed E-state index contributed by atoms with van der Waals surface area (Å²) in [6.07, 6.45) is -3.38. The van der Waals surface area contributed by atoms with Crippen LogP contribution in [-0.4, -0.2) is 41.8 Å². The van der Waals surface area contributed by atoms with Crippen LogP contribution in [0.5, 0.6) is 0 Å². The molecule has 0 bridgehead atoms. The summed E-state index contributed by atoms with van der Waals surface area (Å²) in [5, 5.41) is 13.8. The number of aliphatic carboxylic acids is 1. The maximum absolute atomic E-state index is 12.0. The Labute approximate surface area is 114 Å². The Morgan fingerprint density at radius 3 is 2.20 bits per heavy atom. The first-order valence-electron chi connectivity index (χ1n) is 6.43. The van der Waals surface area contributed by atoms with Gasteiger partial charge in [-0.15, -0.1) is 0 Å². The van der Waals surface area contributed by atoms with Crippen molar-refractivity contribution < 1.29 is 27.9 Å². The molecule has 0 saturated heterocycles. The number of carbonyl (C=O) groups is 2. The largest absolute Gasteiger partial charge is 0.481 e. The highest BCUT2D eigenvalue weighted by molar-refractivity contribution is 5.84. The molecule has 5 nitrogen and oxygen atoms in total. The van der Waals surface area contributed by atoms with E-state index >= 15 is 0 Å². The number of hydrogen-bond donors (Lipinski definition) is 3. The molecule has 3 N–H and O–H groups in total. The van der Waals surface area contributed by atoms with Crippen molar-refractivity contribution in [2.45, 2.75) is 44.9 Å². The van der Waals surface area contributed by atoms with Crippen molar-refractivity contribution in [2.24, 2.45) is 11.8 Å². The molecule has 8 heteroatoms. The van der Waals surface area contributed by atoms with Gasteiger partial charge in [0.05, 0.1) is 12.5 Å². The Hall–Kier alpha value is -1.31. The highest BCUT2D eigenvalue weighted by atomic mass is 19.4. The van der Waals surface area contributed by atoms with Crippen LogP contribution in [0, 0.1) is 11.8 Å². The van der Waals surface area contributed by atoms with Crippen LogP contribution >= 0.6 is 0 Å². The molecule has 2 atom stereocenters. The van der Waals surface area contributed by atoms with Crippen molar-refractivity contribution in [3.8, 4) is 0 Å². The molecule has 1 saturated carbocycles. The van der Waals surface area contributed by atoms with Crippen LogP contribution in [-0.2, 0) is 9.59 Å². The minimum absolute atomic E-state index is 0.184. The number of alkyl halides is 3. The van der Waals surface area contributed by atoms with Gasteiger partial charge in [-0.1, -0.05) is 13.8 Å². The zero-order valence-electron chi connectivity index (χ0n) is 11.3. The molecule has 1 rings (SSSR count). The number of carboxylic acid groups (broad SMARTS) is 1. The fourth-order valence-electron chi connectivity index (χ4n) is 1.94. The SMILES string of the molecule is CC(C(=O)O)C(C)C(=O)NC1CC(NCC(F)(F)F)C1. The maximum atomic E-state index is 12.0. The van der Waals surface area contributed by atoms with Gasteiger partial charge >= 0.3 is 12.1 Å². The minimum atomic E-state index is -4.24. The summed E-state index contributed by atoms with van der Waals surface area (Å²) in [7, 11) is 0. The van der Waals surface area contributed by atoms with Gasteiger partial charge in [-0.25, -0.2) is 0 Å². The molecule has 0 heterocycles. The molecular formula is C12H19F3N2O3. The van der Waals surface area contributed by atoms with Crippen LogP contribution in [0.2, 0.25) is 0 Å². The molecule has 1 aliphatic rings. The average molecular weight is 296 g/mol. The normalized spacial score (nSPS) is 25.4. The van der Waals surface area contributed by atoms with Crippen LogP contribution in [0.4, 0.5) is 13.2 Å². The summed E-state index contributed by atoms with van der Waals surface area (Å²) >= 11 is 0. The summed E-state index contributed by atoms with van der Waals surface area (Å²) in [6, 6.07) is -0.439. The maximum Gasteiger partial charge on any atom is 0.401 e. The van der Waals surface area contributed by atoms with Crippen molar-refractivity contribution >= 4 is 11.9 Å². The van der Waals surface area contributed by atoms with Crippen LogP contribution in [0.15, 0.2) is 0 Å². The van der Waals surface area contributed by atoms with Gasteiger partial charge in [0.25, 0.3) is 0 Å². The fraction of sp³-hybridized carbons (Fsp3) is 0.833. The zero-order valence-corrected chi connectivity index (χ0v) is 11.3. The molecule has 0 aromatic carbocycles. The number of rotatable bonds is 6. The van der Waals surface area contributed by atoms with Crippen molar-refractivity contribution in [3.63, 3.8) is 0 Å². The van der Waals surface area contributed by atoms with E-state index in [1.807, 2.05) is 0 Å². The molecule has 20 heavy (non-hydrogen) atoms. The van der Waals surface area contributed by atoms with E-state index in [9.17, 15) is 22.8 Å². The Balaban J connectivity index is 2.25. The second-order valence-corrected chi connectivity index (χ2v) is 5.29. The first-order chi connectivity index (χ1) is 9.10. The van der Waals surface area contributed by atoms with E-state index in [0.29, 0.717) is 12.8 Å². The third-order valence-corrected chi connectivity index (χ3v) is 3.63. The van der Waals surface area contributed by atoms with Gasteiger partial charge < -0.3 is 15.7 Å². The van der Waals surface area contributed by atoms with Crippen molar-refractivity contribution in [3.05, 3.63) is 0 Å². The monoisotopic (exact) mass is 296 g/mol. The lowest BCUT2D eigenvalue weighted by Crippen LogP contribution is -2.55. The van der Waals surface area contributed by atoms with Gasteiger partial charge in [0.15, 0.2) is 0 Å². The summed E-state index contributed by atoms with van der Waals surface area (Å²) in [6.45, 7) is 1.93. The molecule has 1 amide bonds. The van der Waals surface area contributed by atoms with Crippen LogP contribution in [0.3, 0.4) is 0 Å². The van der Waals surface area contributed by atoms with E-state index in [-0.39, 0.29) is 18.0 Å². The molecule has 116 valence electrons. The van der Waals surface area contributed by atoms with Gasteiger partial charge in [-0.3, -0.25) is 9.59 Å². The van der Waals surface area contributed by atoms with Gasteiger partial charge in [0.1, 0.15) is 0 Å². The van der Waals surface area contributed by atoms with E-state index < -0.39 is 30.5 Å². The molecule has 2 unspecified atom stereocenters. The third-order valence-electron chi connectivity index (χ3n) is 3.63. The first kappa shape index (κ1) is 16.7. The quantitative estimate of drug-likeness (QED) is 0.687. The van der Waals surface area contributed by atoms with E-state index in [2.05, 4.69) is 10.6 Å². The Morgan fingerprint density at radius 2 is 1.75 bits per heavy atom. The molecule has 1 fully saturated rings. The van der Waals surface area contributed by atoms with Gasteiger partial charge in [-0.05, 0) is 12.8 Å². The minimum Gasteiger partial charge on any atom is -0.481 e. The Bertz CT molecular complexity index is 367. The number of halogens is 3. The second-order valence-electron chi connectivity index (χ2n) is 5.29. The van der Waals surface area contributed by atoms with E-state index in [1.165, 1.54) is 13.8 Å². The van der Waals surface area contributed by atoms with E-state index in [4.69, 9.17) is 5.11 Å². The summed E-state index contributed by atoms with van der Waals surface area (Å²) in [5.74, 6) is -2.89. The molecule has 0 aliphatic heterocycles. The first-order valence-corrected chi connectivity index (χ1v) is 6.43. The van der Waals surface area contributed by atoms with Crippen molar-refractivity contribution in [2.75, 3.05) is 6.54 Å². The highest BCUT2D eigenvalue weighted by Gasteiger charge is 2.35. The van der Waals surface area contributed by atoms with Crippen LogP contribution in [0.1, 0.15) is 26.7 Å². The number of carboxylic acids is 1. The summed E-state index contributed by atoms with van der Waals surface area (Å²) in [5.41, 5.74) is 0. The number of amides is 1.